The van der Waals surface area contributed by atoms with E-state index in [-0.39, 0.29) is 16.2 Å². The number of sulfone groups is 1. The molecule has 8 heteroatoms. The lowest BCUT2D eigenvalue weighted by molar-refractivity contribution is 0.0691. The van der Waals surface area contributed by atoms with Gasteiger partial charge < -0.3 is 9.63 Å². The highest BCUT2D eigenvalue weighted by molar-refractivity contribution is 7.90. The normalized spacial score (nSPS) is 11.6. The van der Waals surface area contributed by atoms with Crippen LogP contribution in [0.3, 0.4) is 0 Å². The Kier molecular flexibility index (Phi) is 3.82. The number of halogens is 1. The van der Waals surface area contributed by atoms with Crippen molar-refractivity contribution in [2.45, 2.75) is 24.5 Å². The minimum absolute atomic E-state index is 0.0535. The van der Waals surface area contributed by atoms with Gasteiger partial charge in [-0.1, -0.05) is 5.16 Å². The Morgan fingerprint density at radius 1 is 1.33 bits per heavy atom. The van der Waals surface area contributed by atoms with Gasteiger partial charge in [0.2, 0.25) is 0 Å². The molecule has 0 aliphatic rings. The molecule has 0 saturated heterocycles. The summed E-state index contributed by atoms with van der Waals surface area (Å²) in [5, 5.41) is 12.5. The zero-order chi connectivity index (χ0) is 15.8. The van der Waals surface area contributed by atoms with Crippen molar-refractivity contribution >= 4 is 15.8 Å². The molecule has 0 spiro atoms. The molecule has 112 valence electrons. The average molecular weight is 313 g/mol. The van der Waals surface area contributed by atoms with E-state index in [1.54, 1.807) is 6.92 Å². The molecule has 0 saturated carbocycles. The van der Waals surface area contributed by atoms with Crippen molar-refractivity contribution in [3.05, 3.63) is 46.6 Å². The minimum atomic E-state index is -3.86. The number of nitrogens with zero attached hydrogens (tertiary/aromatic N) is 1. The number of carbonyl (C=O) groups is 1. The number of hydrogen-bond acceptors (Lipinski definition) is 5. The Bertz CT molecular complexity index is 810. The Balaban J connectivity index is 2.47. The Morgan fingerprint density at radius 2 is 2.00 bits per heavy atom. The molecule has 2 rings (SSSR count). The molecule has 0 amide bonds. The van der Waals surface area contributed by atoms with E-state index in [2.05, 4.69) is 5.16 Å². The molecule has 0 aliphatic heterocycles. The fraction of sp³-hybridized carbons (Fsp3) is 0.231. The SMILES string of the molecule is Cc1cc(CS(=O)(=O)c2cc(C)c(F)c(C(=O)O)c2)on1. The van der Waals surface area contributed by atoms with Crippen molar-refractivity contribution in [3.63, 3.8) is 0 Å². The summed E-state index contributed by atoms with van der Waals surface area (Å²) in [4.78, 5) is 10.7. The topological polar surface area (TPSA) is 97.5 Å². The van der Waals surface area contributed by atoms with Crippen LogP contribution in [0.15, 0.2) is 27.6 Å². The van der Waals surface area contributed by atoms with Crippen LogP contribution in [0.5, 0.6) is 0 Å². The predicted molar refractivity (Wildman–Crippen MR) is 70.2 cm³/mol. The highest BCUT2D eigenvalue weighted by Crippen LogP contribution is 2.23. The van der Waals surface area contributed by atoms with E-state index in [4.69, 9.17) is 9.63 Å². The number of carboxylic acid groups (broad SMARTS) is 1. The fourth-order valence-electron chi connectivity index (χ4n) is 1.83. The first-order valence-corrected chi connectivity index (χ1v) is 7.54. The van der Waals surface area contributed by atoms with Crippen molar-refractivity contribution in [1.82, 2.24) is 5.16 Å². The number of hydrogen-bond donors (Lipinski definition) is 1. The summed E-state index contributed by atoms with van der Waals surface area (Å²) < 4.78 is 43.0. The van der Waals surface area contributed by atoms with Crippen molar-refractivity contribution in [3.8, 4) is 0 Å². The van der Waals surface area contributed by atoms with Crippen LogP contribution in [0.4, 0.5) is 4.39 Å². The maximum Gasteiger partial charge on any atom is 0.338 e. The van der Waals surface area contributed by atoms with Gasteiger partial charge in [0.25, 0.3) is 0 Å². The van der Waals surface area contributed by atoms with Crippen molar-refractivity contribution in [1.29, 1.82) is 0 Å². The molecule has 1 heterocycles. The Hall–Kier alpha value is -2.22. The quantitative estimate of drug-likeness (QED) is 0.868. The highest BCUT2D eigenvalue weighted by Gasteiger charge is 2.23. The molecular formula is C13H12FNO5S. The van der Waals surface area contributed by atoms with Gasteiger partial charge in [0.1, 0.15) is 11.6 Å². The molecule has 1 aromatic heterocycles. The third kappa shape index (κ3) is 3.10. The van der Waals surface area contributed by atoms with E-state index in [1.807, 2.05) is 0 Å². The lowest BCUT2D eigenvalue weighted by atomic mass is 10.1. The van der Waals surface area contributed by atoms with Crippen LogP contribution in [0.2, 0.25) is 0 Å². The molecule has 0 bridgehead atoms. The number of carboxylic acids is 1. The predicted octanol–water partition coefficient (Wildman–Crippen LogP) is 2.10. The van der Waals surface area contributed by atoms with Crippen molar-refractivity contribution in [2.75, 3.05) is 0 Å². The van der Waals surface area contributed by atoms with Gasteiger partial charge in [-0.25, -0.2) is 17.6 Å². The van der Waals surface area contributed by atoms with Crippen LogP contribution < -0.4 is 0 Å². The summed E-state index contributed by atoms with van der Waals surface area (Å²) in [5.74, 6) is -2.82. The zero-order valence-electron chi connectivity index (χ0n) is 11.3. The summed E-state index contributed by atoms with van der Waals surface area (Å²) in [7, 11) is -3.86. The molecule has 21 heavy (non-hydrogen) atoms. The van der Waals surface area contributed by atoms with E-state index in [1.165, 1.54) is 13.0 Å². The average Bonchev–Trinajstić information content (AvgIpc) is 2.76. The molecule has 1 aromatic carbocycles. The lowest BCUT2D eigenvalue weighted by Crippen LogP contribution is -2.09. The third-order valence-electron chi connectivity index (χ3n) is 2.83. The van der Waals surface area contributed by atoms with Gasteiger partial charge in [0, 0.05) is 6.07 Å². The Labute approximate surface area is 120 Å². The van der Waals surface area contributed by atoms with Gasteiger partial charge in [0.15, 0.2) is 15.6 Å². The van der Waals surface area contributed by atoms with Gasteiger partial charge >= 0.3 is 5.97 Å². The molecule has 0 radical (unpaired) electrons. The molecule has 0 aliphatic carbocycles. The number of benzene rings is 1. The molecule has 0 atom stereocenters. The molecule has 0 unspecified atom stereocenters. The van der Waals surface area contributed by atoms with Gasteiger partial charge in [-0.3, -0.25) is 0 Å². The second kappa shape index (κ2) is 5.28. The van der Waals surface area contributed by atoms with E-state index in [9.17, 15) is 17.6 Å². The summed E-state index contributed by atoms with van der Waals surface area (Å²) in [6, 6.07) is 3.37. The van der Waals surface area contributed by atoms with Gasteiger partial charge in [-0.05, 0) is 31.5 Å². The standard InChI is InChI=1S/C13H12FNO5S/c1-7-3-10(5-11(12(7)14)13(16)17)21(18,19)6-9-4-8(2)15-20-9/h3-5H,6H2,1-2H3,(H,16,17). The first-order valence-electron chi connectivity index (χ1n) is 5.89. The van der Waals surface area contributed by atoms with E-state index < -0.39 is 32.9 Å². The van der Waals surface area contributed by atoms with Crippen LogP contribution in [-0.2, 0) is 15.6 Å². The largest absolute Gasteiger partial charge is 0.478 e. The number of aromatic carboxylic acids is 1. The molecule has 1 N–H and O–H groups in total. The second-order valence-corrected chi connectivity index (χ2v) is 6.59. The maximum absolute atomic E-state index is 13.6. The van der Waals surface area contributed by atoms with Crippen LogP contribution >= 0.6 is 0 Å². The highest BCUT2D eigenvalue weighted by atomic mass is 32.2. The van der Waals surface area contributed by atoms with E-state index >= 15 is 0 Å². The maximum atomic E-state index is 13.6. The third-order valence-corrected chi connectivity index (χ3v) is 4.45. The van der Waals surface area contributed by atoms with Gasteiger partial charge in [-0.2, -0.15) is 0 Å². The van der Waals surface area contributed by atoms with E-state index in [0.717, 1.165) is 12.1 Å². The summed E-state index contributed by atoms with van der Waals surface area (Å²) in [5.41, 5.74) is -0.203. The van der Waals surface area contributed by atoms with Gasteiger partial charge in [0.05, 0.1) is 16.2 Å². The van der Waals surface area contributed by atoms with Crippen LogP contribution in [0, 0.1) is 19.7 Å². The van der Waals surface area contributed by atoms with Crippen LogP contribution in [0.1, 0.15) is 27.4 Å². The molecular weight excluding hydrogens is 301 g/mol. The first kappa shape index (κ1) is 15.2. The first-order chi connectivity index (χ1) is 9.70. The summed E-state index contributed by atoms with van der Waals surface area (Å²) >= 11 is 0. The monoisotopic (exact) mass is 313 g/mol. The lowest BCUT2D eigenvalue weighted by Gasteiger charge is -2.07. The summed E-state index contributed by atoms with van der Waals surface area (Å²) in [6.45, 7) is 2.95. The molecule has 0 fully saturated rings. The smallest absolute Gasteiger partial charge is 0.338 e. The van der Waals surface area contributed by atoms with Crippen molar-refractivity contribution in [2.24, 2.45) is 0 Å². The number of aromatic nitrogens is 1. The zero-order valence-corrected chi connectivity index (χ0v) is 12.1. The molecule has 2 aromatic rings. The van der Waals surface area contributed by atoms with Gasteiger partial charge in [-0.15, -0.1) is 0 Å². The second-order valence-electron chi connectivity index (χ2n) is 4.60. The number of rotatable bonds is 4. The van der Waals surface area contributed by atoms with E-state index in [0.29, 0.717) is 5.69 Å². The minimum Gasteiger partial charge on any atom is -0.478 e. The summed E-state index contributed by atoms with van der Waals surface area (Å²) in [6.07, 6.45) is 0. The number of aryl methyl sites for hydroxylation is 2. The van der Waals surface area contributed by atoms with Crippen molar-refractivity contribution < 1.29 is 27.2 Å². The Morgan fingerprint density at radius 3 is 2.52 bits per heavy atom. The van der Waals surface area contributed by atoms with Crippen LogP contribution in [0.25, 0.3) is 0 Å². The van der Waals surface area contributed by atoms with Crippen LogP contribution in [-0.4, -0.2) is 24.7 Å². The molecule has 6 nitrogen and oxygen atoms in total. The fourth-order valence-corrected chi connectivity index (χ4v) is 3.16.